The van der Waals surface area contributed by atoms with E-state index in [1.165, 1.54) is 18.1 Å². The predicted molar refractivity (Wildman–Crippen MR) is 122 cm³/mol. The van der Waals surface area contributed by atoms with Crippen LogP contribution in [0.3, 0.4) is 0 Å². The van der Waals surface area contributed by atoms with Gasteiger partial charge < -0.3 is 29.5 Å². The molecule has 0 atom stereocenters. The third-order valence-corrected chi connectivity index (χ3v) is 5.39. The number of nitrogens with one attached hydrogen (secondary N) is 2. The molecule has 4 rings (SSSR count). The number of rotatable bonds is 7. The van der Waals surface area contributed by atoms with Crippen molar-refractivity contribution in [3.63, 3.8) is 0 Å². The molecule has 3 aromatic rings. The number of carbonyl (C=O) groups excluding carboxylic acids is 3. The van der Waals surface area contributed by atoms with Crippen molar-refractivity contribution in [2.45, 2.75) is 6.54 Å². The highest BCUT2D eigenvalue weighted by Crippen LogP contribution is 2.33. The summed E-state index contributed by atoms with van der Waals surface area (Å²) in [5, 5.41) is 9.34. The number of nitrogens with zero attached hydrogens (tertiary/aromatic N) is 2. The lowest BCUT2D eigenvalue weighted by molar-refractivity contribution is -0.123. The number of benzene rings is 2. The Morgan fingerprint density at radius 1 is 1.12 bits per heavy atom. The summed E-state index contributed by atoms with van der Waals surface area (Å²) in [5.41, 5.74) is 2.02. The summed E-state index contributed by atoms with van der Waals surface area (Å²) in [5.74, 6) is 0.771. The summed E-state index contributed by atoms with van der Waals surface area (Å²) >= 11 is 0. The Balaban J connectivity index is 1.38. The maximum atomic E-state index is 12.6. The van der Waals surface area contributed by atoms with Gasteiger partial charge in [-0.15, -0.1) is 0 Å². The summed E-state index contributed by atoms with van der Waals surface area (Å²) < 4.78 is 16.0. The summed E-state index contributed by atoms with van der Waals surface area (Å²) in [6, 6.07) is 13.6. The lowest BCUT2D eigenvalue weighted by atomic mass is 10.1. The number of amides is 3. The number of hydrogen-bond donors (Lipinski definition) is 2. The van der Waals surface area contributed by atoms with Gasteiger partial charge in [0.2, 0.25) is 5.91 Å². The van der Waals surface area contributed by atoms with Crippen LogP contribution in [-0.2, 0) is 11.3 Å². The van der Waals surface area contributed by atoms with E-state index in [1.54, 1.807) is 49.6 Å². The molecule has 10 heteroatoms. The van der Waals surface area contributed by atoms with Gasteiger partial charge in [-0.3, -0.25) is 14.4 Å². The van der Waals surface area contributed by atoms with Gasteiger partial charge in [0.25, 0.3) is 11.8 Å². The second kappa shape index (κ2) is 10.1. The number of hydrogen-bond acceptors (Lipinski definition) is 7. The number of methoxy groups -OCH3 is 2. The van der Waals surface area contributed by atoms with Crippen molar-refractivity contribution >= 4 is 17.7 Å². The molecule has 10 nitrogen and oxygen atoms in total. The van der Waals surface area contributed by atoms with Crippen molar-refractivity contribution in [1.82, 2.24) is 20.7 Å². The van der Waals surface area contributed by atoms with Gasteiger partial charge in [0.1, 0.15) is 11.5 Å². The first-order valence-corrected chi connectivity index (χ1v) is 10.6. The molecule has 2 N–H and O–H groups in total. The first kappa shape index (κ1) is 22.8. The molecular formula is C24H24N4O6. The maximum Gasteiger partial charge on any atom is 0.273 e. The Kier molecular flexibility index (Phi) is 6.77. The van der Waals surface area contributed by atoms with Crippen LogP contribution in [0.4, 0.5) is 0 Å². The monoisotopic (exact) mass is 464 g/mol. The molecule has 1 aliphatic rings. The highest BCUT2D eigenvalue weighted by molar-refractivity contribution is 5.97. The number of carbonyl (C=O) groups is 3. The predicted octanol–water partition coefficient (Wildman–Crippen LogP) is 1.86. The Morgan fingerprint density at radius 3 is 2.62 bits per heavy atom. The Hall–Kier alpha value is -4.34. The van der Waals surface area contributed by atoms with Crippen LogP contribution in [0.1, 0.15) is 26.4 Å². The van der Waals surface area contributed by atoms with E-state index in [2.05, 4.69) is 15.8 Å². The van der Waals surface area contributed by atoms with Crippen molar-refractivity contribution in [3.8, 4) is 22.8 Å². The van der Waals surface area contributed by atoms with Crippen molar-refractivity contribution in [2.75, 3.05) is 33.9 Å². The standard InChI is InChI=1S/C24H24N4O6/c1-32-17-7-8-20(33-2)18(11-17)21-12-19(27-34-21)23(30)26-13-15-3-5-16(6-4-15)24(31)28-10-9-25-22(29)14-28/h3-8,11-12H,9-10,13-14H2,1-2H3,(H,25,29)(H,26,30). The van der Waals surface area contributed by atoms with E-state index >= 15 is 0 Å². The Labute approximate surface area is 195 Å². The van der Waals surface area contributed by atoms with Crippen LogP contribution in [0.15, 0.2) is 53.1 Å². The fourth-order valence-electron chi connectivity index (χ4n) is 3.55. The molecule has 1 saturated heterocycles. The molecule has 0 aliphatic carbocycles. The summed E-state index contributed by atoms with van der Waals surface area (Å²) in [7, 11) is 3.09. The smallest absolute Gasteiger partial charge is 0.273 e. The van der Waals surface area contributed by atoms with Gasteiger partial charge >= 0.3 is 0 Å². The normalized spacial score (nSPS) is 13.2. The largest absolute Gasteiger partial charge is 0.497 e. The van der Waals surface area contributed by atoms with Gasteiger partial charge in [0.15, 0.2) is 11.5 Å². The van der Waals surface area contributed by atoms with Crippen molar-refractivity contribution < 1.29 is 28.4 Å². The highest BCUT2D eigenvalue weighted by atomic mass is 16.5. The molecule has 1 fully saturated rings. The summed E-state index contributed by atoms with van der Waals surface area (Å²) in [6.45, 7) is 1.22. The first-order chi connectivity index (χ1) is 16.5. The Bertz CT molecular complexity index is 1200. The summed E-state index contributed by atoms with van der Waals surface area (Å²) in [4.78, 5) is 38.1. The van der Waals surface area contributed by atoms with E-state index in [1.807, 2.05) is 0 Å². The van der Waals surface area contributed by atoms with Crippen LogP contribution in [0.2, 0.25) is 0 Å². The van der Waals surface area contributed by atoms with E-state index < -0.39 is 5.91 Å². The third-order valence-electron chi connectivity index (χ3n) is 5.39. The fraction of sp³-hybridized carbons (Fsp3) is 0.250. The quantitative estimate of drug-likeness (QED) is 0.547. The van der Waals surface area contributed by atoms with Crippen LogP contribution in [-0.4, -0.2) is 61.6 Å². The van der Waals surface area contributed by atoms with Gasteiger partial charge in [-0.25, -0.2) is 0 Å². The molecule has 34 heavy (non-hydrogen) atoms. The number of piperazine rings is 1. The molecule has 0 radical (unpaired) electrons. The average molecular weight is 464 g/mol. The minimum Gasteiger partial charge on any atom is -0.497 e. The van der Waals surface area contributed by atoms with Crippen molar-refractivity contribution in [1.29, 1.82) is 0 Å². The van der Waals surface area contributed by atoms with E-state index in [9.17, 15) is 14.4 Å². The second-order valence-electron chi connectivity index (χ2n) is 7.60. The molecule has 2 aromatic carbocycles. The molecule has 1 aromatic heterocycles. The molecule has 0 spiro atoms. The SMILES string of the molecule is COc1ccc(OC)c(-c2cc(C(=O)NCc3ccc(C(=O)N4CCNC(=O)C4)cc3)no2)c1. The number of ether oxygens (including phenoxy) is 2. The highest BCUT2D eigenvalue weighted by Gasteiger charge is 2.22. The molecule has 3 amide bonds. The Morgan fingerprint density at radius 2 is 1.91 bits per heavy atom. The first-order valence-electron chi connectivity index (χ1n) is 10.6. The van der Waals surface area contributed by atoms with Gasteiger partial charge in [-0.2, -0.15) is 0 Å². The van der Waals surface area contributed by atoms with Crippen LogP contribution in [0, 0.1) is 0 Å². The minimum absolute atomic E-state index is 0.0535. The van der Waals surface area contributed by atoms with E-state index in [0.29, 0.717) is 41.5 Å². The van der Waals surface area contributed by atoms with Gasteiger partial charge in [0.05, 0.1) is 26.3 Å². The lowest BCUT2D eigenvalue weighted by Crippen LogP contribution is -2.49. The molecule has 0 saturated carbocycles. The summed E-state index contributed by atoms with van der Waals surface area (Å²) in [6.07, 6.45) is 0. The second-order valence-corrected chi connectivity index (χ2v) is 7.60. The average Bonchev–Trinajstić information content (AvgIpc) is 3.37. The van der Waals surface area contributed by atoms with Crippen molar-refractivity contribution in [2.24, 2.45) is 0 Å². The van der Waals surface area contributed by atoms with Gasteiger partial charge in [-0.1, -0.05) is 17.3 Å². The van der Waals surface area contributed by atoms with E-state index in [-0.39, 0.29) is 30.6 Å². The lowest BCUT2D eigenvalue weighted by Gasteiger charge is -2.26. The van der Waals surface area contributed by atoms with Crippen molar-refractivity contribution in [3.05, 3.63) is 65.4 Å². The minimum atomic E-state index is -0.406. The van der Waals surface area contributed by atoms with Crippen LogP contribution in [0.5, 0.6) is 11.5 Å². The maximum absolute atomic E-state index is 12.6. The zero-order chi connectivity index (χ0) is 24.1. The molecule has 2 heterocycles. The zero-order valence-corrected chi connectivity index (χ0v) is 18.8. The topological polar surface area (TPSA) is 123 Å². The van der Waals surface area contributed by atoms with Gasteiger partial charge in [0, 0.05) is 31.3 Å². The molecular weight excluding hydrogens is 440 g/mol. The number of aromatic nitrogens is 1. The molecule has 1 aliphatic heterocycles. The molecule has 0 unspecified atom stereocenters. The van der Waals surface area contributed by atoms with Crippen LogP contribution >= 0.6 is 0 Å². The zero-order valence-electron chi connectivity index (χ0n) is 18.8. The third kappa shape index (κ3) is 5.01. The fourth-order valence-corrected chi connectivity index (χ4v) is 3.55. The molecule has 176 valence electrons. The van der Waals surface area contributed by atoms with Gasteiger partial charge in [-0.05, 0) is 35.9 Å². The van der Waals surface area contributed by atoms with E-state index in [4.69, 9.17) is 14.0 Å². The van der Waals surface area contributed by atoms with Crippen LogP contribution in [0.25, 0.3) is 11.3 Å². The van der Waals surface area contributed by atoms with E-state index in [0.717, 1.165) is 5.56 Å². The van der Waals surface area contributed by atoms with Crippen LogP contribution < -0.4 is 20.1 Å². The molecule has 0 bridgehead atoms.